The first-order valence-corrected chi connectivity index (χ1v) is 8.20. The Kier molecular flexibility index (Phi) is 3.00. The molecular weight excluding hydrogens is 296 g/mol. The number of rotatable bonds is 2. The molecule has 3 aromatic rings. The van der Waals surface area contributed by atoms with E-state index in [1.165, 1.54) is 4.88 Å². The highest BCUT2D eigenvalue weighted by atomic mass is 32.1. The van der Waals surface area contributed by atoms with E-state index in [0.29, 0.717) is 5.69 Å². The highest BCUT2D eigenvalue weighted by Crippen LogP contribution is 2.36. The lowest BCUT2D eigenvalue weighted by atomic mass is 10.0. The number of carbonyl (C=O) groups is 1. The summed E-state index contributed by atoms with van der Waals surface area (Å²) in [6, 6.07) is 8.06. The van der Waals surface area contributed by atoms with E-state index in [-0.39, 0.29) is 11.9 Å². The summed E-state index contributed by atoms with van der Waals surface area (Å²) in [6.45, 7) is 4.67. The minimum Gasteiger partial charge on any atom is -0.329 e. The topological polar surface area (TPSA) is 50.5 Å². The van der Waals surface area contributed by atoms with Gasteiger partial charge in [-0.15, -0.1) is 11.3 Å². The summed E-state index contributed by atoms with van der Waals surface area (Å²) >= 11 is 1.70. The van der Waals surface area contributed by atoms with E-state index in [0.717, 1.165) is 30.0 Å². The molecule has 112 valence electrons. The Hall–Kier alpha value is -2.21. The summed E-state index contributed by atoms with van der Waals surface area (Å²) < 4.78 is 1.78. The van der Waals surface area contributed by atoms with Crippen LogP contribution in [0, 0.1) is 13.8 Å². The van der Waals surface area contributed by atoms with Crippen molar-refractivity contribution < 1.29 is 4.79 Å². The molecule has 4 heterocycles. The van der Waals surface area contributed by atoms with Crippen molar-refractivity contribution in [2.24, 2.45) is 0 Å². The summed E-state index contributed by atoms with van der Waals surface area (Å²) in [5.74, 6) is 0.00843. The number of thiophene rings is 1. The molecule has 1 atom stereocenters. The zero-order chi connectivity index (χ0) is 15.3. The zero-order valence-electron chi connectivity index (χ0n) is 12.5. The van der Waals surface area contributed by atoms with E-state index in [4.69, 9.17) is 0 Å². The van der Waals surface area contributed by atoms with Gasteiger partial charge in [0.15, 0.2) is 5.65 Å². The van der Waals surface area contributed by atoms with Gasteiger partial charge in [-0.1, -0.05) is 6.07 Å². The number of amides is 1. The fourth-order valence-electron chi connectivity index (χ4n) is 2.90. The Morgan fingerprint density at radius 3 is 2.91 bits per heavy atom. The maximum absolute atomic E-state index is 12.8. The number of aryl methyl sites for hydroxylation is 2. The van der Waals surface area contributed by atoms with Gasteiger partial charge in [-0.2, -0.15) is 5.10 Å². The Labute approximate surface area is 132 Å². The normalized spacial score (nSPS) is 17.7. The van der Waals surface area contributed by atoms with Crippen LogP contribution >= 0.6 is 11.3 Å². The molecule has 1 saturated heterocycles. The third-order valence-corrected chi connectivity index (χ3v) is 5.07. The van der Waals surface area contributed by atoms with E-state index >= 15 is 0 Å². The molecule has 0 aliphatic carbocycles. The second-order valence-electron chi connectivity index (χ2n) is 5.66. The molecule has 0 N–H and O–H groups in total. The van der Waals surface area contributed by atoms with Gasteiger partial charge in [-0.05, 0) is 37.8 Å². The largest absolute Gasteiger partial charge is 0.329 e. The molecule has 1 fully saturated rings. The van der Waals surface area contributed by atoms with Crippen molar-refractivity contribution in [2.75, 3.05) is 6.54 Å². The van der Waals surface area contributed by atoms with Gasteiger partial charge in [0.25, 0.3) is 5.91 Å². The highest BCUT2D eigenvalue weighted by molar-refractivity contribution is 7.10. The molecule has 0 spiro atoms. The van der Waals surface area contributed by atoms with Crippen LogP contribution in [0.25, 0.3) is 5.65 Å². The third kappa shape index (κ3) is 2.02. The van der Waals surface area contributed by atoms with Gasteiger partial charge in [0.1, 0.15) is 5.69 Å². The summed E-state index contributed by atoms with van der Waals surface area (Å²) in [4.78, 5) is 20.4. The van der Waals surface area contributed by atoms with Crippen LogP contribution in [-0.2, 0) is 0 Å². The van der Waals surface area contributed by atoms with Gasteiger partial charge >= 0.3 is 0 Å². The van der Waals surface area contributed by atoms with Crippen molar-refractivity contribution in [3.8, 4) is 0 Å². The second kappa shape index (κ2) is 4.91. The predicted molar refractivity (Wildman–Crippen MR) is 85.2 cm³/mol. The average molecular weight is 312 g/mol. The second-order valence-corrected chi connectivity index (χ2v) is 6.64. The first-order chi connectivity index (χ1) is 10.6. The first kappa shape index (κ1) is 13.5. The van der Waals surface area contributed by atoms with Crippen LogP contribution in [0.1, 0.15) is 39.2 Å². The molecule has 0 bridgehead atoms. The van der Waals surface area contributed by atoms with Crippen LogP contribution in [-0.4, -0.2) is 31.9 Å². The molecule has 1 aliphatic rings. The van der Waals surface area contributed by atoms with Crippen molar-refractivity contribution >= 4 is 22.9 Å². The molecule has 4 rings (SSSR count). The molecule has 1 aliphatic heterocycles. The van der Waals surface area contributed by atoms with Crippen LogP contribution < -0.4 is 0 Å². The van der Waals surface area contributed by atoms with Crippen LogP contribution in [0.4, 0.5) is 0 Å². The van der Waals surface area contributed by atoms with E-state index < -0.39 is 0 Å². The maximum atomic E-state index is 12.8. The fourth-order valence-corrected chi connectivity index (χ4v) is 3.78. The first-order valence-electron chi connectivity index (χ1n) is 7.32. The Bertz CT molecular complexity index is 853. The summed E-state index contributed by atoms with van der Waals surface area (Å²) in [5.41, 5.74) is 3.07. The summed E-state index contributed by atoms with van der Waals surface area (Å²) in [6.07, 6.45) is 1.03. The molecule has 0 saturated carbocycles. The van der Waals surface area contributed by atoms with Crippen molar-refractivity contribution in [3.05, 3.63) is 51.6 Å². The standard InChI is InChI=1S/C16H16N4OS/c1-10-8-15-17-12(9-11(2)20(15)18-10)16(21)19-6-5-13(19)14-4-3-7-22-14/h3-4,7-9,13H,5-6H2,1-2H3/t13-/m1/s1. The SMILES string of the molecule is Cc1cc2nc(C(=O)N3CC[C@@H]3c3cccs3)cc(C)n2n1. The monoisotopic (exact) mass is 312 g/mol. The number of nitrogens with zero attached hydrogens (tertiary/aromatic N) is 4. The quantitative estimate of drug-likeness (QED) is 0.731. The maximum Gasteiger partial charge on any atom is 0.273 e. The van der Waals surface area contributed by atoms with Crippen molar-refractivity contribution in [1.82, 2.24) is 19.5 Å². The van der Waals surface area contributed by atoms with E-state index in [1.807, 2.05) is 36.9 Å². The van der Waals surface area contributed by atoms with E-state index in [2.05, 4.69) is 21.5 Å². The Morgan fingerprint density at radius 1 is 1.36 bits per heavy atom. The molecule has 1 amide bonds. The molecule has 3 aromatic heterocycles. The zero-order valence-corrected chi connectivity index (χ0v) is 13.3. The van der Waals surface area contributed by atoms with Gasteiger partial charge < -0.3 is 4.90 Å². The molecular formula is C16H16N4OS. The van der Waals surface area contributed by atoms with Crippen molar-refractivity contribution in [3.63, 3.8) is 0 Å². The number of likely N-dealkylation sites (tertiary alicyclic amines) is 1. The van der Waals surface area contributed by atoms with Crippen molar-refractivity contribution in [1.29, 1.82) is 0 Å². The molecule has 0 aromatic carbocycles. The fraction of sp³-hybridized carbons (Fsp3) is 0.312. The lowest BCUT2D eigenvalue weighted by Crippen LogP contribution is -2.45. The number of hydrogen-bond donors (Lipinski definition) is 0. The van der Waals surface area contributed by atoms with Gasteiger partial charge in [0.2, 0.25) is 0 Å². The minimum atomic E-state index is 0.00843. The van der Waals surface area contributed by atoms with Crippen LogP contribution in [0.2, 0.25) is 0 Å². The number of aromatic nitrogens is 3. The Balaban J connectivity index is 1.68. The smallest absolute Gasteiger partial charge is 0.273 e. The number of hydrogen-bond acceptors (Lipinski definition) is 4. The van der Waals surface area contributed by atoms with E-state index in [9.17, 15) is 4.79 Å². The van der Waals surface area contributed by atoms with Crippen LogP contribution in [0.3, 0.4) is 0 Å². The number of carbonyl (C=O) groups excluding carboxylic acids is 1. The Morgan fingerprint density at radius 2 is 2.23 bits per heavy atom. The third-order valence-electron chi connectivity index (χ3n) is 4.10. The van der Waals surface area contributed by atoms with Gasteiger partial charge in [-0.25, -0.2) is 9.50 Å². The summed E-state index contributed by atoms with van der Waals surface area (Å²) in [7, 11) is 0. The van der Waals surface area contributed by atoms with Gasteiger partial charge in [0.05, 0.1) is 11.7 Å². The molecule has 5 nitrogen and oxygen atoms in total. The van der Waals surface area contributed by atoms with Crippen LogP contribution in [0.15, 0.2) is 29.6 Å². The van der Waals surface area contributed by atoms with Gasteiger partial charge in [-0.3, -0.25) is 4.79 Å². The van der Waals surface area contributed by atoms with Crippen molar-refractivity contribution in [2.45, 2.75) is 26.3 Å². The molecule has 6 heteroatoms. The van der Waals surface area contributed by atoms with Crippen LogP contribution in [0.5, 0.6) is 0 Å². The number of fused-ring (bicyclic) bond motifs is 1. The lowest BCUT2D eigenvalue weighted by molar-refractivity contribution is 0.0462. The predicted octanol–water partition coefficient (Wildman–Crippen LogP) is 2.99. The summed E-state index contributed by atoms with van der Waals surface area (Å²) in [5, 5.41) is 6.43. The molecule has 0 unspecified atom stereocenters. The highest BCUT2D eigenvalue weighted by Gasteiger charge is 2.35. The molecule has 22 heavy (non-hydrogen) atoms. The average Bonchev–Trinajstić information content (AvgIpc) is 3.06. The lowest BCUT2D eigenvalue weighted by Gasteiger charge is -2.40. The van der Waals surface area contributed by atoms with Gasteiger partial charge in [0, 0.05) is 23.2 Å². The molecule has 0 radical (unpaired) electrons. The van der Waals surface area contributed by atoms with E-state index in [1.54, 1.807) is 15.9 Å². The minimum absolute atomic E-state index is 0.00843.